The maximum Gasteiger partial charge on any atom is 0.333 e. The lowest BCUT2D eigenvalue weighted by molar-refractivity contribution is -0.148. The van der Waals surface area contributed by atoms with Crippen molar-refractivity contribution in [1.29, 1.82) is 0 Å². The lowest BCUT2D eigenvalue weighted by Crippen LogP contribution is -2.24. The van der Waals surface area contributed by atoms with Crippen LogP contribution in [0.3, 0.4) is 0 Å². The van der Waals surface area contributed by atoms with Gasteiger partial charge in [0, 0.05) is 13.5 Å². The Morgan fingerprint density at radius 3 is 2.18 bits per heavy atom. The lowest BCUT2D eigenvalue weighted by atomic mass is 9.98. The van der Waals surface area contributed by atoms with Gasteiger partial charge in [-0.1, -0.05) is 78.3 Å². The van der Waals surface area contributed by atoms with Crippen LogP contribution in [0.1, 0.15) is 42.9 Å². The molecule has 0 fully saturated rings. The first-order valence-electron chi connectivity index (χ1n) is 11.6. The first kappa shape index (κ1) is 25.1. The van der Waals surface area contributed by atoms with Gasteiger partial charge in [-0.25, -0.2) is 4.79 Å². The molecule has 0 spiro atoms. The number of nitroso groups, excluding NO2 is 1. The molecule has 0 heterocycles. The summed E-state index contributed by atoms with van der Waals surface area (Å²) in [6, 6.07) is 25.3. The van der Waals surface area contributed by atoms with E-state index in [1.165, 1.54) is 12.7 Å². The van der Waals surface area contributed by atoms with Gasteiger partial charge in [0.25, 0.3) is 0 Å². The minimum Gasteiger partial charge on any atom is -0.494 e. The molecule has 0 amide bonds. The third-order valence-corrected chi connectivity index (χ3v) is 5.82. The predicted octanol–water partition coefficient (Wildman–Crippen LogP) is 6.44. The second-order valence-corrected chi connectivity index (χ2v) is 8.22. The third-order valence-electron chi connectivity index (χ3n) is 5.82. The highest BCUT2D eigenvalue weighted by molar-refractivity contribution is 5.72. The zero-order chi connectivity index (χ0) is 24.2. The van der Waals surface area contributed by atoms with E-state index in [2.05, 4.69) is 29.4 Å². The maximum atomic E-state index is 11.4. The number of carboxylic acid groups (broad SMARTS) is 1. The molecule has 34 heavy (non-hydrogen) atoms. The van der Waals surface area contributed by atoms with Crippen molar-refractivity contribution in [3.05, 3.63) is 94.9 Å². The number of nitrogens with zero attached hydrogens (tertiary/aromatic N) is 1. The van der Waals surface area contributed by atoms with Gasteiger partial charge in [0.15, 0.2) is 6.10 Å². The monoisotopic (exact) mass is 461 g/mol. The van der Waals surface area contributed by atoms with E-state index in [4.69, 9.17) is 14.6 Å². The number of aliphatic carboxylic acids is 1. The Balaban J connectivity index is 1.37. The van der Waals surface area contributed by atoms with Crippen LogP contribution in [0, 0.1) is 4.91 Å². The zero-order valence-electron chi connectivity index (χ0n) is 19.4. The van der Waals surface area contributed by atoms with E-state index in [1.54, 1.807) is 0 Å². The van der Waals surface area contributed by atoms with Crippen LogP contribution < -0.4 is 4.74 Å². The molecular formula is C28H31NO5. The van der Waals surface area contributed by atoms with Gasteiger partial charge in [-0.15, -0.1) is 0 Å². The maximum absolute atomic E-state index is 11.4. The molecule has 0 aromatic heterocycles. The van der Waals surface area contributed by atoms with E-state index < -0.39 is 18.1 Å². The Labute approximate surface area is 200 Å². The summed E-state index contributed by atoms with van der Waals surface area (Å²) in [5.74, 6) is -0.141. The molecule has 178 valence electrons. The lowest BCUT2D eigenvalue weighted by Gasteiger charge is -2.13. The molecule has 6 heteroatoms. The fourth-order valence-corrected chi connectivity index (χ4v) is 3.82. The summed E-state index contributed by atoms with van der Waals surface area (Å²) in [4.78, 5) is 22.5. The molecule has 0 radical (unpaired) electrons. The first-order valence-corrected chi connectivity index (χ1v) is 11.6. The zero-order valence-corrected chi connectivity index (χ0v) is 19.4. The standard InChI is InChI=1S/C28H31NO5/c1-33-27(28(30)31)20-21-11-13-24(14-12-21)26(29-32)10-6-3-7-19-34-25-17-15-23(16-18-25)22-8-4-2-5-9-22/h2,4-5,8-9,11-18,26-27H,3,6-7,10,19-20H2,1H3,(H,30,31)/t26?,27-/m0/s1. The number of ether oxygens (including phenoxy) is 2. The number of unbranched alkanes of at least 4 members (excludes halogenated alkanes) is 2. The SMILES string of the molecule is CO[C@@H](Cc1ccc(C(CCCCCOc2ccc(-c3ccccc3)cc2)N=O)cc1)C(=O)O. The Hall–Kier alpha value is -3.51. The van der Waals surface area contributed by atoms with Crippen LogP contribution in [0.25, 0.3) is 11.1 Å². The summed E-state index contributed by atoms with van der Waals surface area (Å²) < 4.78 is 10.8. The Morgan fingerprint density at radius 1 is 0.882 bits per heavy atom. The highest BCUT2D eigenvalue weighted by atomic mass is 16.5. The molecule has 0 aliphatic carbocycles. The number of carbonyl (C=O) groups is 1. The van der Waals surface area contributed by atoms with Crippen molar-refractivity contribution < 1.29 is 19.4 Å². The topological polar surface area (TPSA) is 85.2 Å². The van der Waals surface area contributed by atoms with Gasteiger partial charge in [0.1, 0.15) is 11.8 Å². The second-order valence-electron chi connectivity index (χ2n) is 8.22. The smallest absolute Gasteiger partial charge is 0.333 e. The molecule has 3 aromatic rings. The first-order chi connectivity index (χ1) is 16.6. The predicted molar refractivity (Wildman–Crippen MR) is 133 cm³/mol. The summed E-state index contributed by atoms with van der Waals surface area (Å²) in [5.41, 5.74) is 4.03. The van der Waals surface area contributed by atoms with Gasteiger partial charge >= 0.3 is 5.97 Å². The number of hydrogen-bond acceptors (Lipinski definition) is 5. The van der Waals surface area contributed by atoms with Gasteiger partial charge in [-0.3, -0.25) is 0 Å². The summed E-state index contributed by atoms with van der Waals surface area (Å²) in [6.07, 6.45) is 2.79. The molecule has 0 saturated carbocycles. The van der Waals surface area contributed by atoms with Crippen LogP contribution >= 0.6 is 0 Å². The molecular weight excluding hydrogens is 430 g/mol. The van der Waals surface area contributed by atoms with Crippen molar-refractivity contribution in [2.24, 2.45) is 5.18 Å². The average Bonchev–Trinajstić information content (AvgIpc) is 2.88. The molecule has 2 atom stereocenters. The average molecular weight is 462 g/mol. The molecule has 6 nitrogen and oxygen atoms in total. The number of methoxy groups -OCH3 is 1. The number of rotatable bonds is 14. The molecule has 3 rings (SSSR count). The van der Waals surface area contributed by atoms with Gasteiger partial charge < -0.3 is 14.6 Å². The van der Waals surface area contributed by atoms with E-state index in [9.17, 15) is 9.70 Å². The Kier molecular flexibility index (Phi) is 9.80. The largest absolute Gasteiger partial charge is 0.494 e. The molecule has 0 saturated heterocycles. The second kappa shape index (κ2) is 13.3. The minimum absolute atomic E-state index is 0.278. The van der Waals surface area contributed by atoms with Gasteiger partial charge in [-0.2, -0.15) is 4.91 Å². The van der Waals surface area contributed by atoms with Crippen molar-refractivity contribution in [2.45, 2.75) is 44.2 Å². The van der Waals surface area contributed by atoms with E-state index >= 15 is 0 Å². The number of benzene rings is 3. The summed E-state index contributed by atoms with van der Waals surface area (Å²) in [7, 11) is 1.38. The van der Waals surface area contributed by atoms with Crippen LogP contribution in [0.4, 0.5) is 0 Å². The highest BCUT2D eigenvalue weighted by Crippen LogP contribution is 2.25. The molecule has 0 bridgehead atoms. The van der Waals surface area contributed by atoms with Crippen molar-refractivity contribution >= 4 is 5.97 Å². The van der Waals surface area contributed by atoms with Crippen LogP contribution in [0.2, 0.25) is 0 Å². The van der Waals surface area contributed by atoms with E-state index in [-0.39, 0.29) is 6.42 Å². The van der Waals surface area contributed by atoms with E-state index in [0.29, 0.717) is 13.0 Å². The Morgan fingerprint density at radius 2 is 1.56 bits per heavy atom. The summed E-state index contributed by atoms with van der Waals surface area (Å²) >= 11 is 0. The van der Waals surface area contributed by atoms with E-state index in [0.717, 1.165) is 41.7 Å². The summed E-state index contributed by atoms with van der Waals surface area (Å²) in [6.45, 7) is 0.628. The van der Waals surface area contributed by atoms with Gasteiger partial charge in [0.2, 0.25) is 0 Å². The molecule has 0 aliphatic rings. The normalized spacial score (nSPS) is 12.6. The van der Waals surface area contributed by atoms with Crippen LogP contribution in [-0.2, 0) is 16.0 Å². The Bertz CT molecular complexity index is 1020. The molecule has 3 aromatic carbocycles. The molecule has 1 unspecified atom stereocenters. The molecule has 0 aliphatic heterocycles. The quantitative estimate of drug-likeness (QED) is 0.220. The number of carboxylic acids is 1. The van der Waals surface area contributed by atoms with Crippen LogP contribution in [0.15, 0.2) is 84.0 Å². The van der Waals surface area contributed by atoms with Crippen molar-refractivity contribution in [3.8, 4) is 16.9 Å². The van der Waals surface area contributed by atoms with Crippen LogP contribution in [-0.4, -0.2) is 30.9 Å². The summed E-state index contributed by atoms with van der Waals surface area (Å²) in [5, 5.41) is 12.4. The highest BCUT2D eigenvalue weighted by Gasteiger charge is 2.17. The minimum atomic E-state index is -0.993. The van der Waals surface area contributed by atoms with Crippen LogP contribution in [0.5, 0.6) is 5.75 Å². The fraction of sp³-hybridized carbons (Fsp3) is 0.321. The third kappa shape index (κ3) is 7.52. The van der Waals surface area contributed by atoms with Crippen molar-refractivity contribution in [3.63, 3.8) is 0 Å². The van der Waals surface area contributed by atoms with Gasteiger partial charge in [-0.05, 0) is 53.6 Å². The molecule has 1 N–H and O–H groups in total. The fourth-order valence-electron chi connectivity index (χ4n) is 3.82. The van der Waals surface area contributed by atoms with Crippen molar-refractivity contribution in [2.75, 3.05) is 13.7 Å². The van der Waals surface area contributed by atoms with Crippen molar-refractivity contribution in [1.82, 2.24) is 0 Å². The number of hydrogen-bond donors (Lipinski definition) is 1. The van der Waals surface area contributed by atoms with E-state index in [1.807, 2.05) is 54.6 Å². The van der Waals surface area contributed by atoms with Gasteiger partial charge in [0.05, 0.1) is 6.61 Å².